The highest BCUT2D eigenvalue weighted by molar-refractivity contribution is 7.92. The minimum atomic E-state index is -3.42. The van der Waals surface area contributed by atoms with Crippen LogP contribution in [0.3, 0.4) is 0 Å². The van der Waals surface area contributed by atoms with E-state index in [1.54, 1.807) is 24.1 Å². The number of hydrogen-bond donors (Lipinski definition) is 3. The van der Waals surface area contributed by atoms with Gasteiger partial charge in [-0.2, -0.15) is 0 Å². The van der Waals surface area contributed by atoms with Crippen molar-refractivity contribution >= 4 is 27.3 Å². The number of benzene rings is 2. The fraction of sp³-hybridized carbons (Fsp3) is 0.480. The number of ether oxygens (including phenoxy) is 1. The maximum absolute atomic E-state index is 13.2. The summed E-state index contributed by atoms with van der Waals surface area (Å²) in [7, 11) is -1.64. The third-order valence-electron chi connectivity index (χ3n) is 6.55. The molecule has 0 aliphatic carbocycles. The molecule has 190 valence electrons. The van der Waals surface area contributed by atoms with Crippen LogP contribution in [0.5, 0.6) is 5.75 Å². The number of rotatable bonds is 9. The van der Waals surface area contributed by atoms with Gasteiger partial charge >= 0.3 is 0 Å². The minimum Gasteiger partial charge on any atom is -0.483 e. The Morgan fingerprint density at radius 3 is 2.74 bits per heavy atom. The number of aliphatic hydroxyl groups is 1. The molecule has 0 spiro atoms. The molecule has 0 aromatic heterocycles. The predicted molar refractivity (Wildman–Crippen MR) is 136 cm³/mol. The van der Waals surface area contributed by atoms with Gasteiger partial charge in [0.2, 0.25) is 10.0 Å². The van der Waals surface area contributed by atoms with Crippen LogP contribution in [0, 0.1) is 0 Å². The van der Waals surface area contributed by atoms with Crippen molar-refractivity contribution in [3.63, 3.8) is 0 Å². The van der Waals surface area contributed by atoms with E-state index in [1.807, 2.05) is 30.3 Å². The molecule has 0 radical (unpaired) electrons. The molecule has 10 heteroatoms. The van der Waals surface area contributed by atoms with Gasteiger partial charge in [-0.1, -0.05) is 30.3 Å². The predicted octanol–water partition coefficient (Wildman–Crippen LogP) is 2.06. The van der Waals surface area contributed by atoms with Crippen molar-refractivity contribution in [2.45, 2.75) is 31.4 Å². The second-order valence-electron chi connectivity index (χ2n) is 9.29. The molecule has 0 saturated carbocycles. The van der Waals surface area contributed by atoms with Crippen molar-refractivity contribution in [2.24, 2.45) is 0 Å². The molecule has 2 aromatic carbocycles. The summed E-state index contributed by atoms with van der Waals surface area (Å²) in [5.74, 6) is 0.418. The zero-order chi connectivity index (χ0) is 25.0. The summed E-state index contributed by atoms with van der Waals surface area (Å²) in [5.41, 5.74) is 3.08. The van der Waals surface area contributed by atoms with E-state index in [-0.39, 0.29) is 24.7 Å². The number of sulfonamides is 1. The number of β-amino-alcohol motifs (C(OH)–C–C–N with tert-alkyl or cyclic N) is 1. The Morgan fingerprint density at radius 1 is 1.29 bits per heavy atom. The SMILES string of the molecule is CN(C(=O)COc1ccc(NS(C)(=O)=O)c2c1CCCN2)C(CN1CC[C@H](O)C1)c1ccccc1. The lowest BCUT2D eigenvalue weighted by atomic mass is 10.0. The Kier molecular flexibility index (Phi) is 7.83. The largest absolute Gasteiger partial charge is 0.483 e. The van der Waals surface area contributed by atoms with Crippen LogP contribution in [0.4, 0.5) is 11.4 Å². The van der Waals surface area contributed by atoms with Gasteiger partial charge in [0.25, 0.3) is 5.91 Å². The van der Waals surface area contributed by atoms with Crippen molar-refractivity contribution in [1.82, 2.24) is 9.80 Å². The molecule has 35 heavy (non-hydrogen) atoms. The summed E-state index contributed by atoms with van der Waals surface area (Å²) in [5, 5.41) is 13.2. The molecule has 1 unspecified atom stereocenters. The van der Waals surface area contributed by atoms with Crippen LogP contribution in [-0.4, -0.2) is 81.4 Å². The quantitative estimate of drug-likeness (QED) is 0.481. The monoisotopic (exact) mass is 502 g/mol. The van der Waals surface area contributed by atoms with E-state index in [2.05, 4.69) is 14.9 Å². The molecule has 1 amide bonds. The number of amides is 1. The summed E-state index contributed by atoms with van der Waals surface area (Å²) in [6, 6.07) is 13.1. The van der Waals surface area contributed by atoms with Gasteiger partial charge in [-0.25, -0.2) is 8.42 Å². The maximum atomic E-state index is 13.2. The highest BCUT2D eigenvalue weighted by atomic mass is 32.2. The first-order valence-corrected chi connectivity index (χ1v) is 13.8. The first kappa shape index (κ1) is 25.3. The van der Waals surface area contributed by atoms with Gasteiger partial charge < -0.3 is 20.1 Å². The molecule has 4 rings (SSSR count). The van der Waals surface area contributed by atoms with Crippen molar-refractivity contribution in [1.29, 1.82) is 0 Å². The molecule has 0 bridgehead atoms. The summed E-state index contributed by atoms with van der Waals surface area (Å²) < 4.78 is 32.0. The molecule has 2 aromatic rings. The van der Waals surface area contributed by atoms with Crippen molar-refractivity contribution in [2.75, 3.05) is 56.1 Å². The van der Waals surface area contributed by atoms with Crippen molar-refractivity contribution < 1.29 is 23.1 Å². The van der Waals surface area contributed by atoms with E-state index in [0.717, 1.165) is 49.7 Å². The van der Waals surface area contributed by atoms with E-state index < -0.39 is 10.0 Å². The number of likely N-dealkylation sites (N-methyl/N-ethyl adjacent to an activating group) is 1. The van der Waals surface area contributed by atoms with Gasteiger partial charge in [-0.3, -0.25) is 14.4 Å². The van der Waals surface area contributed by atoms with E-state index >= 15 is 0 Å². The first-order chi connectivity index (χ1) is 16.7. The molecule has 1 saturated heterocycles. The third-order valence-corrected chi connectivity index (χ3v) is 7.14. The lowest BCUT2D eigenvalue weighted by Crippen LogP contribution is -2.41. The number of nitrogens with zero attached hydrogens (tertiary/aromatic N) is 2. The van der Waals surface area contributed by atoms with E-state index in [0.29, 0.717) is 30.2 Å². The maximum Gasteiger partial charge on any atom is 0.260 e. The number of aliphatic hydroxyl groups excluding tert-OH is 1. The molecule has 1 fully saturated rings. The van der Waals surface area contributed by atoms with Crippen LogP contribution in [0.25, 0.3) is 0 Å². The summed E-state index contributed by atoms with van der Waals surface area (Å²) in [4.78, 5) is 17.1. The average molecular weight is 503 g/mol. The van der Waals surface area contributed by atoms with E-state index in [9.17, 15) is 18.3 Å². The molecule has 3 N–H and O–H groups in total. The van der Waals surface area contributed by atoms with Crippen LogP contribution in [0.1, 0.15) is 30.0 Å². The summed E-state index contributed by atoms with van der Waals surface area (Å²) >= 11 is 0. The van der Waals surface area contributed by atoms with Crippen LogP contribution >= 0.6 is 0 Å². The second kappa shape index (κ2) is 10.8. The van der Waals surface area contributed by atoms with Crippen molar-refractivity contribution in [3.8, 4) is 5.75 Å². The van der Waals surface area contributed by atoms with Gasteiger partial charge in [-0.15, -0.1) is 0 Å². The molecule has 2 aliphatic rings. The van der Waals surface area contributed by atoms with E-state index in [1.165, 1.54) is 0 Å². The lowest BCUT2D eigenvalue weighted by Gasteiger charge is -2.32. The number of carbonyl (C=O) groups excluding carboxylic acids is 1. The molecule has 2 heterocycles. The number of likely N-dealkylation sites (tertiary alicyclic amines) is 1. The Bertz CT molecular complexity index is 1140. The topological polar surface area (TPSA) is 111 Å². The normalized spacial score (nSPS) is 18.9. The van der Waals surface area contributed by atoms with Gasteiger partial charge in [0.15, 0.2) is 6.61 Å². The Labute approximate surface area is 207 Å². The smallest absolute Gasteiger partial charge is 0.260 e. The summed E-state index contributed by atoms with van der Waals surface area (Å²) in [6.07, 6.45) is 3.15. The third kappa shape index (κ3) is 6.45. The number of nitrogens with one attached hydrogen (secondary N) is 2. The van der Waals surface area contributed by atoms with Gasteiger partial charge in [0, 0.05) is 38.8 Å². The molecule has 2 aliphatic heterocycles. The van der Waals surface area contributed by atoms with Gasteiger partial charge in [-0.05, 0) is 37.0 Å². The lowest BCUT2D eigenvalue weighted by molar-refractivity contribution is -0.134. The van der Waals surface area contributed by atoms with Crippen LogP contribution in [-0.2, 0) is 21.2 Å². The zero-order valence-electron chi connectivity index (χ0n) is 20.2. The average Bonchev–Trinajstić information content (AvgIpc) is 3.25. The summed E-state index contributed by atoms with van der Waals surface area (Å²) in [6.45, 7) is 2.65. The number of fused-ring (bicyclic) bond motifs is 1. The number of hydrogen-bond acceptors (Lipinski definition) is 7. The standard InChI is InChI=1S/C25H34N4O5S/c1-28(22(18-7-4-3-5-8-18)16-29-14-12-19(30)15-29)24(31)17-34-23-11-10-21(27-35(2,32)33)25-20(23)9-6-13-26-25/h3-5,7-8,10-11,19,22,26-27,30H,6,9,12-17H2,1-2H3/t19-,22?/m0/s1. The highest BCUT2D eigenvalue weighted by Crippen LogP contribution is 2.37. The van der Waals surface area contributed by atoms with Gasteiger partial charge in [0.1, 0.15) is 5.75 Å². The zero-order valence-corrected chi connectivity index (χ0v) is 21.1. The van der Waals surface area contributed by atoms with E-state index in [4.69, 9.17) is 4.74 Å². The fourth-order valence-corrected chi connectivity index (χ4v) is 5.31. The minimum absolute atomic E-state index is 0.131. The fourth-order valence-electron chi connectivity index (χ4n) is 4.74. The Balaban J connectivity index is 1.48. The number of anilines is 2. The second-order valence-corrected chi connectivity index (χ2v) is 11.0. The van der Waals surface area contributed by atoms with Crippen molar-refractivity contribution in [3.05, 3.63) is 53.6 Å². The molecular formula is C25H34N4O5S. The number of carbonyl (C=O) groups is 1. The Morgan fingerprint density at radius 2 is 2.06 bits per heavy atom. The first-order valence-electron chi connectivity index (χ1n) is 11.9. The van der Waals surface area contributed by atoms with Crippen LogP contribution in [0.15, 0.2) is 42.5 Å². The Hall–Kier alpha value is -2.82. The molecule has 2 atom stereocenters. The van der Waals surface area contributed by atoms with Gasteiger partial charge in [0.05, 0.1) is 29.8 Å². The van der Waals surface area contributed by atoms with Crippen LogP contribution in [0.2, 0.25) is 0 Å². The molecular weight excluding hydrogens is 468 g/mol. The van der Waals surface area contributed by atoms with Crippen LogP contribution < -0.4 is 14.8 Å². The highest BCUT2D eigenvalue weighted by Gasteiger charge is 2.28. The molecule has 9 nitrogen and oxygen atoms in total.